The van der Waals surface area contributed by atoms with Gasteiger partial charge in [-0.1, -0.05) is 0 Å². The van der Waals surface area contributed by atoms with Crippen molar-refractivity contribution in [3.05, 3.63) is 16.1 Å². The zero-order valence-electron chi connectivity index (χ0n) is 10.2. The molecule has 1 aliphatic rings. The maximum Gasteiger partial charge on any atom is 0.244 e. The number of rotatable bonds is 3. The van der Waals surface area contributed by atoms with Crippen LogP contribution in [0.3, 0.4) is 0 Å². The molecule has 0 aromatic carbocycles. The van der Waals surface area contributed by atoms with Crippen LogP contribution < -0.4 is 15.5 Å². The monoisotopic (exact) mass is 361 g/mol. The van der Waals surface area contributed by atoms with E-state index in [2.05, 4.69) is 43.2 Å². The number of hydrogen-bond acceptors (Lipinski definition) is 5. The second-order valence-electron chi connectivity index (χ2n) is 4.00. The smallest absolute Gasteiger partial charge is 0.244 e. The highest BCUT2D eigenvalue weighted by Crippen LogP contribution is 2.21. The highest BCUT2D eigenvalue weighted by molar-refractivity contribution is 14.1. The van der Waals surface area contributed by atoms with Gasteiger partial charge in [0.15, 0.2) is 0 Å². The van der Waals surface area contributed by atoms with E-state index in [1.165, 1.54) is 6.33 Å². The van der Waals surface area contributed by atoms with Crippen molar-refractivity contribution in [2.24, 2.45) is 0 Å². The van der Waals surface area contributed by atoms with Gasteiger partial charge in [-0.25, -0.2) is 9.97 Å². The molecule has 0 radical (unpaired) electrons. The number of carbonyl (C=O) groups is 1. The summed E-state index contributed by atoms with van der Waals surface area (Å²) in [4.78, 5) is 22.4. The predicted molar refractivity (Wildman–Crippen MR) is 77.4 cm³/mol. The van der Waals surface area contributed by atoms with Crippen LogP contribution in [0.15, 0.2) is 12.5 Å². The minimum absolute atomic E-state index is 0.0408. The van der Waals surface area contributed by atoms with Crippen molar-refractivity contribution in [3.63, 3.8) is 0 Å². The molecule has 98 valence electrons. The minimum atomic E-state index is -0.206. The Morgan fingerprint density at radius 1 is 1.72 bits per heavy atom. The maximum atomic E-state index is 12.1. The Morgan fingerprint density at radius 3 is 3.28 bits per heavy atom. The van der Waals surface area contributed by atoms with Crippen molar-refractivity contribution in [3.8, 4) is 0 Å². The molecule has 1 saturated heterocycles. The molecule has 1 aromatic heterocycles. The van der Waals surface area contributed by atoms with Gasteiger partial charge in [-0.15, -0.1) is 0 Å². The number of aromatic nitrogens is 2. The molecule has 1 atom stereocenters. The predicted octanol–water partition coefficient (Wildman–Crippen LogP) is -0.00450. The molecule has 2 heterocycles. The number of nitrogens with zero attached hydrogens (tertiary/aromatic N) is 3. The molecule has 0 saturated carbocycles. The number of likely N-dealkylation sites (N-methyl/N-ethyl adjacent to an activating group) is 1. The van der Waals surface area contributed by atoms with Gasteiger partial charge in [0.2, 0.25) is 5.91 Å². The Kier molecular flexibility index (Phi) is 4.70. The Morgan fingerprint density at radius 2 is 2.56 bits per heavy atom. The summed E-state index contributed by atoms with van der Waals surface area (Å²) >= 11 is 2.20. The molecule has 1 unspecified atom stereocenters. The molecule has 18 heavy (non-hydrogen) atoms. The standard InChI is InChI=1S/C11H16IN5O/c1-2-15-11(18)9-6-13-3-4-17(9)10-8(12)5-14-7-16-10/h5,7,9,13H,2-4,6H2,1H3,(H,15,18). The first-order valence-electron chi connectivity index (χ1n) is 5.94. The summed E-state index contributed by atoms with van der Waals surface area (Å²) in [5.74, 6) is 0.877. The normalized spacial score (nSPS) is 19.7. The molecular weight excluding hydrogens is 345 g/mol. The van der Waals surface area contributed by atoms with Crippen LogP contribution in [0.2, 0.25) is 0 Å². The molecule has 1 fully saturated rings. The fourth-order valence-electron chi connectivity index (χ4n) is 2.00. The third-order valence-corrected chi connectivity index (χ3v) is 3.58. The zero-order chi connectivity index (χ0) is 13.0. The van der Waals surface area contributed by atoms with Gasteiger partial charge in [0.05, 0.1) is 3.57 Å². The lowest BCUT2D eigenvalue weighted by atomic mass is 10.1. The average Bonchev–Trinajstić information content (AvgIpc) is 2.40. The van der Waals surface area contributed by atoms with E-state index in [0.29, 0.717) is 13.1 Å². The number of hydrogen-bond donors (Lipinski definition) is 2. The summed E-state index contributed by atoms with van der Waals surface area (Å²) in [7, 11) is 0. The number of carbonyl (C=O) groups excluding carboxylic acids is 1. The highest BCUT2D eigenvalue weighted by atomic mass is 127. The van der Waals surface area contributed by atoms with Crippen LogP contribution in [-0.4, -0.2) is 48.1 Å². The summed E-state index contributed by atoms with van der Waals surface area (Å²) in [6, 6.07) is -0.206. The number of piperazine rings is 1. The third-order valence-electron chi connectivity index (χ3n) is 2.82. The van der Waals surface area contributed by atoms with E-state index in [9.17, 15) is 4.79 Å². The molecule has 6 nitrogen and oxygen atoms in total. The van der Waals surface area contributed by atoms with Crippen molar-refractivity contribution < 1.29 is 4.79 Å². The van der Waals surface area contributed by atoms with E-state index >= 15 is 0 Å². The fraction of sp³-hybridized carbons (Fsp3) is 0.545. The van der Waals surface area contributed by atoms with Gasteiger partial charge in [0, 0.05) is 32.4 Å². The Balaban J connectivity index is 2.23. The topological polar surface area (TPSA) is 70.2 Å². The molecule has 1 aliphatic heterocycles. The Hall–Kier alpha value is -0.960. The van der Waals surface area contributed by atoms with Gasteiger partial charge in [0.1, 0.15) is 18.2 Å². The average molecular weight is 361 g/mol. The van der Waals surface area contributed by atoms with Crippen molar-refractivity contribution in [2.75, 3.05) is 31.1 Å². The van der Waals surface area contributed by atoms with E-state index in [4.69, 9.17) is 0 Å². The molecule has 2 N–H and O–H groups in total. The first-order chi connectivity index (χ1) is 8.74. The van der Waals surface area contributed by atoms with E-state index in [1.807, 2.05) is 11.8 Å². The Labute approximate surface area is 120 Å². The molecule has 1 amide bonds. The van der Waals surface area contributed by atoms with Crippen LogP contribution in [0.1, 0.15) is 6.92 Å². The van der Waals surface area contributed by atoms with Gasteiger partial charge >= 0.3 is 0 Å². The number of anilines is 1. The molecule has 2 rings (SSSR count). The maximum absolute atomic E-state index is 12.1. The lowest BCUT2D eigenvalue weighted by Gasteiger charge is -2.36. The van der Waals surface area contributed by atoms with Gasteiger partial charge in [-0.05, 0) is 29.5 Å². The third kappa shape index (κ3) is 2.89. The van der Waals surface area contributed by atoms with Crippen LogP contribution in [0.25, 0.3) is 0 Å². The quantitative estimate of drug-likeness (QED) is 0.742. The molecule has 0 aliphatic carbocycles. The SMILES string of the molecule is CCNC(=O)C1CNCCN1c1ncncc1I. The first kappa shape index (κ1) is 13.5. The van der Waals surface area contributed by atoms with Gasteiger partial charge in [-0.3, -0.25) is 4.79 Å². The highest BCUT2D eigenvalue weighted by Gasteiger charge is 2.30. The van der Waals surface area contributed by atoms with Crippen LogP contribution in [0.4, 0.5) is 5.82 Å². The van der Waals surface area contributed by atoms with Gasteiger partial charge in [-0.2, -0.15) is 0 Å². The second kappa shape index (κ2) is 6.28. The fourth-order valence-corrected chi connectivity index (χ4v) is 2.61. The van der Waals surface area contributed by atoms with Crippen LogP contribution in [0, 0.1) is 3.57 Å². The minimum Gasteiger partial charge on any atom is -0.355 e. The number of amides is 1. The summed E-state index contributed by atoms with van der Waals surface area (Å²) in [6.45, 7) is 4.84. The van der Waals surface area contributed by atoms with Crippen LogP contribution in [-0.2, 0) is 4.79 Å². The molecule has 0 spiro atoms. The zero-order valence-corrected chi connectivity index (χ0v) is 12.3. The first-order valence-corrected chi connectivity index (χ1v) is 7.02. The molecule has 0 bridgehead atoms. The van der Waals surface area contributed by atoms with Crippen LogP contribution >= 0.6 is 22.6 Å². The van der Waals surface area contributed by atoms with Crippen molar-refractivity contribution in [1.29, 1.82) is 0 Å². The van der Waals surface area contributed by atoms with E-state index in [0.717, 1.165) is 22.5 Å². The molecule has 7 heteroatoms. The van der Waals surface area contributed by atoms with Crippen molar-refractivity contribution in [1.82, 2.24) is 20.6 Å². The van der Waals surface area contributed by atoms with Gasteiger partial charge < -0.3 is 15.5 Å². The summed E-state index contributed by atoms with van der Waals surface area (Å²) in [5, 5.41) is 6.11. The lowest BCUT2D eigenvalue weighted by molar-refractivity contribution is -0.122. The van der Waals surface area contributed by atoms with Crippen molar-refractivity contribution >= 4 is 34.3 Å². The van der Waals surface area contributed by atoms with Crippen molar-refractivity contribution in [2.45, 2.75) is 13.0 Å². The number of halogens is 1. The largest absolute Gasteiger partial charge is 0.355 e. The Bertz CT molecular complexity index is 428. The summed E-state index contributed by atoms with van der Waals surface area (Å²) in [5.41, 5.74) is 0. The summed E-state index contributed by atoms with van der Waals surface area (Å²) in [6.07, 6.45) is 3.29. The van der Waals surface area contributed by atoms with Gasteiger partial charge in [0.25, 0.3) is 0 Å². The lowest BCUT2D eigenvalue weighted by Crippen LogP contribution is -2.58. The van der Waals surface area contributed by atoms with E-state index in [1.54, 1.807) is 6.20 Å². The summed E-state index contributed by atoms with van der Waals surface area (Å²) < 4.78 is 0.964. The molecule has 1 aromatic rings. The molecular formula is C11H16IN5O. The second-order valence-corrected chi connectivity index (χ2v) is 5.16. The van der Waals surface area contributed by atoms with Crippen LogP contribution in [0.5, 0.6) is 0 Å². The van der Waals surface area contributed by atoms with E-state index < -0.39 is 0 Å². The van der Waals surface area contributed by atoms with E-state index in [-0.39, 0.29) is 11.9 Å². The number of nitrogens with one attached hydrogen (secondary N) is 2.